The number of hydrogen-bond donors (Lipinski definition) is 0. The van der Waals surface area contributed by atoms with Gasteiger partial charge in [-0.25, -0.2) is 0 Å². The topological polar surface area (TPSA) is 9.23 Å². The van der Waals surface area contributed by atoms with E-state index in [0.717, 1.165) is 27.9 Å². The van der Waals surface area contributed by atoms with Gasteiger partial charge >= 0.3 is 0 Å². The second-order valence-electron chi connectivity index (χ2n) is 5.18. The minimum absolute atomic E-state index is 0.810. The zero-order valence-electron chi connectivity index (χ0n) is 12.6. The van der Waals surface area contributed by atoms with E-state index < -0.39 is 0 Å². The monoisotopic (exact) mass is 416 g/mol. The fourth-order valence-electron chi connectivity index (χ4n) is 2.22. The number of benzene rings is 1. The van der Waals surface area contributed by atoms with Crippen LogP contribution in [0.25, 0.3) is 11.1 Å². The predicted molar refractivity (Wildman–Crippen MR) is 105 cm³/mol. The fourth-order valence-corrected chi connectivity index (χ4v) is 5.01. The molecule has 0 N–H and O–H groups in total. The number of alkyl halides is 1. The van der Waals surface area contributed by atoms with Crippen molar-refractivity contribution in [2.24, 2.45) is 0 Å². The van der Waals surface area contributed by atoms with Gasteiger partial charge in [-0.05, 0) is 30.5 Å². The van der Waals surface area contributed by atoms with Crippen molar-refractivity contribution in [2.45, 2.75) is 38.5 Å². The molecule has 22 heavy (non-hydrogen) atoms. The van der Waals surface area contributed by atoms with E-state index in [1.54, 1.807) is 20.7 Å². The molecule has 0 saturated carbocycles. The van der Waals surface area contributed by atoms with Crippen LogP contribution in [0, 0.1) is 3.82 Å². The smallest absolute Gasteiger partial charge is 0.119 e. The van der Waals surface area contributed by atoms with Crippen LogP contribution in [0.5, 0.6) is 5.75 Å². The van der Waals surface area contributed by atoms with Crippen LogP contribution < -0.4 is 4.74 Å². The Bertz CT molecular complexity index is 588. The molecule has 0 aliphatic heterocycles. The first kappa shape index (κ1) is 18.1. The van der Waals surface area contributed by atoms with E-state index in [-0.39, 0.29) is 0 Å². The van der Waals surface area contributed by atoms with E-state index in [4.69, 9.17) is 17.0 Å². The Hall–Kier alpha value is -0.230. The first-order chi connectivity index (χ1) is 10.8. The van der Waals surface area contributed by atoms with Crippen molar-refractivity contribution in [3.05, 3.63) is 33.5 Å². The average molecular weight is 417 g/mol. The number of rotatable bonds is 10. The molecule has 2 rings (SSSR count). The molecule has 1 nitrogen and oxygen atoms in total. The van der Waals surface area contributed by atoms with Crippen LogP contribution in [0.15, 0.2) is 29.6 Å². The van der Waals surface area contributed by atoms with Crippen molar-refractivity contribution >= 4 is 48.8 Å². The van der Waals surface area contributed by atoms with Crippen molar-refractivity contribution in [1.82, 2.24) is 0 Å². The number of hydrogen-bond acceptors (Lipinski definition) is 4. The molecule has 0 aliphatic rings. The third-order valence-corrected chi connectivity index (χ3v) is 6.70. The molecule has 5 heteroatoms. The Morgan fingerprint density at radius 1 is 0.955 bits per heavy atom. The molecule has 0 amide bonds. The van der Waals surface area contributed by atoms with E-state index in [1.807, 2.05) is 12.1 Å². The summed E-state index contributed by atoms with van der Waals surface area (Å²) < 4.78 is 6.78. The lowest BCUT2D eigenvalue weighted by atomic mass is 10.1. The predicted octanol–water partition coefficient (Wildman–Crippen LogP) is 7.32. The summed E-state index contributed by atoms with van der Waals surface area (Å²) in [4.78, 5) is 0. The van der Waals surface area contributed by atoms with Gasteiger partial charge in [0.15, 0.2) is 0 Å². The Kier molecular flexibility index (Phi) is 8.67. The average Bonchev–Trinajstić information content (AvgIpc) is 2.97. The van der Waals surface area contributed by atoms with Crippen molar-refractivity contribution in [3.63, 3.8) is 0 Å². The molecule has 0 spiro atoms. The van der Waals surface area contributed by atoms with Crippen molar-refractivity contribution < 1.29 is 4.74 Å². The molecule has 120 valence electrons. The summed E-state index contributed by atoms with van der Waals surface area (Å²) in [7, 11) is 3.35. The molecule has 0 unspecified atom stereocenters. The van der Waals surface area contributed by atoms with Gasteiger partial charge < -0.3 is 4.74 Å². The maximum absolute atomic E-state index is 5.81. The van der Waals surface area contributed by atoms with E-state index in [2.05, 4.69) is 33.4 Å². The van der Waals surface area contributed by atoms with Crippen LogP contribution in [0.3, 0.4) is 0 Å². The molecular weight excluding hydrogens is 396 g/mol. The molecule has 1 heterocycles. The fraction of sp³-hybridized carbons (Fsp3) is 0.471. The van der Waals surface area contributed by atoms with E-state index in [1.165, 1.54) is 43.2 Å². The largest absolute Gasteiger partial charge is 0.494 e. The molecule has 1 aromatic carbocycles. The van der Waals surface area contributed by atoms with Gasteiger partial charge in [0.25, 0.3) is 0 Å². The molecule has 0 aliphatic carbocycles. The number of ether oxygens (including phenoxy) is 1. The second-order valence-corrected chi connectivity index (χ2v) is 8.72. The lowest BCUT2D eigenvalue weighted by Crippen LogP contribution is -1.97. The highest BCUT2D eigenvalue weighted by Crippen LogP contribution is 2.29. The maximum atomic E-state index is 5.81. The quantitative estimate of drug-likeness (QED) is 0.173. The summed E-state index contributed by atoms with van der Waals surface area (Å²) in [6, 6.07) is 8.28. The highest BCUT2D eigenvalue weighted by atomic mass is 79.9. The molecule has 0 radical (unpaired) electrons. The zero-order chi connectivity index (χ0) is 15.6. The lowest BCUT2D eigenvalue weighted by Gasteiger charge is -2.07. The summed E-state index contributed by atoms with van der Waals surface area (Å²) in [6.07, 6.45) is 7.68. The number of halogens is 1. The second kappa shape index (κ2) is 10.5. The van der Waals surface area contributed by atoms with Gasteiger partial charge in [-0.3, -0.25) is 0 Å². The SMILES string of the molecule is S=c1sscc1-c1ccc(OCCCCCCCCBr)cc1. The third-order valence-electron chi connectivity index (χ3n) is 3.47. The molecular formula is C17H21BrOS3. The molecule has 0 saturated heterocycles. The number of unbranched alkanes of at least 4 members (excludes halogenated alkanes) is 5. The Morgan fingerprint density at radius 2 is 1.64 bits per heavy atom. The van der Waals surface area contributed by atoms with Crippen LogP contribution in [-0.4, -0.2) is 11.9 Å². The molecule has 1 aromatic heterocycles. The van der Waals surface area contributed by atoms with Gasteiger partial charge in [-0.1, -0.05) is 86.6 Å². The minimum atomic E-state index is 0.810. The summed E-state index contributed by atoms with van der Waals surface area (Å²) in [5.41, 5.74) is 2.35. The lowest BCUT2D eigenvalue weighted by molar-refractivity contribution is 0.304. The van der Waals surface area contributed by atoms with E-state index in [9.17, 15) is 0 Å². The highest BCUT2D eigenvalue weighted by molar-refractivity contribution is 9.09. The van der Waals surface area contributed by atoms with Crippen LogP contribution in [0.1, 0.15) is 38.5 Å². The first-order valence-electron chi connectivity index (χ1n) is 7.68. The normalized spacial score (nSPS) is 10.8. The van der Waals surface area contributed by atoms with Crippen LogP contribution in [0.2, 0.25) is 0 Å². The Morgan fingerprint density at radius 3 is 2.27 bits per heavy atom. The van der Waals surface area contributed by atoms with E-state index >= 15 is 0 Å². The van der Waals surface area contributed by atoms with Crippen molar-refractivity contribution in [1.29, 1.82) is 0 Å². The highest BCUT2D eigenvalue weighted by Gasteiger charge is 2.02. The molecule has 0 fully saturated rings. The molecule has 2 aromatic rings. The molecule has 0 atom stereocenters. The molecule has 0 bridgehead atoms. The Labute approximate surface area is 153 Å². The summed E-state index contributed by atoms with van der Waals surface area (Å²) in [6.45, 7) is 0.810. The van der Waals surface area contributed by atoms with Crippen LogP contribution in [0.4, 0.5) is 0 Å². The van der Waals surface area contributed by atoms with Gasteiger partial charge in [-0.2, -0.15) is 0 Å². The van der Waals surface area contributed by atoms with Gasteiger partial charge in [0.2, 0.25) is 0 Å². The summed E-state index contributed by atoms with van der Waals surface area (Å²) in [5.74, 6) is 0.952. The Balaban J connectivity index is 1.67. The van der Waals surface area contributed by atoms with Crippen molar-refractivity contribution in [3.8, 4) is 16.9 Å². The van der Waals surface area contributed by atoms with Gasteiger partial charge in [0, 0.05) is 16.3 Å². The zero-order valence-corrected chi connectivity index (χ0v) is 16.6. The first-order valence-corrected chi connectivity index (χ1v) is 11.4. The van der Waals surface area contributed by atoms with Gasteiger partial charge in [0.1, 0.15) is 9.57 Å². The minimum Gasteiger partial charge on any atom is -0.494 e. The van der Waals surface area contributed by atoms with Gasteiger partial charge in [-0.15, -0.1) is 0 Å². The van der Waals surface area contributed by atoms with Crippen LogP contribution in [-0.2, 0) is 0 Å². The van der Waals surface area contributed by atoms with Gasteiger partial charge in [0.05, 0.1) is 6.61 Å². The maximum Gasteiger partial charge on any atom is 0.119 e. The standard InChI is InChI=1S/C17H21BrOS3/c18-11-5-3-1-2-4-6-12-19-15-9-7-14(8-10-15)16-13-21-22-17(16)20/h7-10,13H,1-6,11-12H2. The summed E-state index contributed by atoms with van der Waals surface area (Å²) in [5, 5.41) is 3.25. The summed E-state index contributed by atoms with van der Waals surface area (Å²) >= 11 is 8.80. The third kappa shape index (κ3) is 6.11. The van der Waals surface area contributed by atoms with E-state index in [0.29, 0.717) is 0 Å². The van der Waals surface area contributed by atoms with Crippen molar-refractivity contribution in [2.75, 3.05) is 11.9 Å². The van der Waals surface area contributed by atoms with Crippen LogP contribution >= 0.6 is 48.8 Å².